The number of sulfonamides is 1. The summed E-state index contributed by atoms with van der Waals surface area (Å²) >= 11 is 0. The molecule has 2 aliphatic carbocycles. The molecule has 4 atom stereocenters. The molecule has 0 spiro atoms. The molecule has 0 N–H and O–H groups in total. The lowest BCUT2D eigenvalue weighted by atomic mass is 9.63. The molecule has 2 aromatic rings. The number of rotatable bonds is 2. The van der Waals surface area contributed by atoms with E-state index in [1.54, 1.807) is 16.4 Å². The van der Waals surface area contributed by atoms with Gasteiger partial charge in [-0.1, -0.05) is 30.2 Å². The van der Waals surface area contributed by atoms with E-state index in [2.05, 4.69) is 18.2 Å². The van der Waals surface area contributed by atoms with Crippen molar-refractivity contribution < 1.29 is 8.42 Å². The van der Waals surface area contributed by atoms with Gasteiger partial charge in [-0.25, -0.2) is 8.42 Å². The molecule has 2 aromatic carbocycles. The molecule has 1 heterocycles. The van der Waals surface area contributed by atoms with Crippen LogP contribution in [0.4, 0.5) is 0 Å². The van der Waals surface area contributed by atoms with Gasteiger partial charge in [0.15, 0.2) is 0 Å². The van der Waals surface area contributed by atoms with Crippen LogP contribution in [0, 0.1) is 30.1 Å². The first-order valence-corrected chi connectivity index (χ1v) is 11.5. The monoisotopic (exact) mass is 392 g/mol. The predicted molar refractivity (Wildman–Crippen MR) is 107 cm³/mol. The number of benzene rings is 2. The summed E-state index contributed by atoms with van der Waals surface area (Å²) in [6, 6.07) is 15.6. The number of nitriles is 1. The second-order valence-corrected chi connectivity index (χ2v) is 10.5. The Morgan fingerprint density at radius 2 is 1.89 bits per heavy atom. The molecule has 5 heteroatoms. The lowest BCUT2D eigenvalue weighted by Crippen LogP contribution is -2.42. The number of hydrogen-bond donors (Lipinski definition) is 0. The van der Waals surface area contributed by atoms with Gasteiger partial charge >= 0.3 is 0 Å². The van der Waals surface area contributed by atoms with Gasteiger partial charge in [0.2, 0.25) is 10.0 Å². The van der Waals surface area contributed by atoms with Gasteiger partial charge in [0.25, 0.3) is 0 Å². The highest BCUT2D eigenvalue weighted by molar-refractivity contribution is 7.89. The fraction of sp³-hybridized carbons (Fsp3) is 0.435. The van der Waals surface area contributed by atoms with Crippen molar-refractivity contribution in [1.82, 2.24) is 4.31 Å². The Hall–Kier alpha value is -2.16. The van der Waals surface area contributed by atoms with Crippen LogP contribution in [0.25, 0.3) is 0 Å². The van der Waals surface area contributed by atoms with Crippen molar-refractivity contribution in [3.8, 4) is 6.07 Å². The van der Waals surface area contributed by atoms with E-state index in [1.807, 2.05) is 25.1 Å². The van der Waals surface area contributed by atoms with Crippen LogP contribution in [0.3, 0.4) is 0 Å². The maximum absolute atomic E-state index is 13.4. The average molecular weight is 393 g/mol. The Bertz CT molecular complexity index is 1070. The second-order valence-electron chi connectivity index (χ2n) is 8.56. The number of hydrogen-bond acceptors (Lipinski definition) is 3. The zero-order chi connectivity index (χ0) is 19.5. The molecule has 0 radical (unpaired) electrons. The molecular weight excluding hydrogens is 368 g/mol. The molecular formula is C23H24N2O2S. The molecule has 1 aliphatic heterocycles. The highest BCUT2D eigenvalue weighted by atomic mass is 32.2. The van der Waals surface area contributed by atoms with Crippen molar-refractivity contribution in [3.63, 3.8) is 0 Å². The van der Waals surface area contributed by atoms with Crippen LogP contribution >= 0.6 is 0 Å². The maximum atomic E-state index is 13.4. The van der Waals surface area contributed by atoms with Gasteiger partial charge in [-0.2, -0.15) is 9.57 Å². The molecule has 5 rings (SSSR count). The van der Waals surface area contributed by atoms with Gasteiger partial charge in [-0.15, -0.1) is 0 Å². The molecule has 4 nitrogen and oxygen atoms in total. The first-order chi connectivity index (χ1) is 13.5. The molecule has 4 unspecified atom stereocenters. The van der Waals surface area contributed by atoms with Crippen molar-refractivity contribution in [1.29, 1.82) is 5.26 Å². The quantitative estimate of drug-likeness (QED) is 0.776. The molecule has 2 fully saturated rings. The second kappa shape index (κ2) is 6.43. The van der Waals surface area contributed by atoms with E-state index in [9.17, 15) is 13.7 Å². The molecule has 1 saturated heterocycles. The summed E-state index contributed by atoms with van der Waals surface area (Å²) in [7, 11) is -3.48. The highest BCUT2D eigenvalue weighted by Gasteiger charge is 2.53. The summed E-state index contributed by atoms with van der Waals surface area (Å²) in [6.45, 7) is 2.58. The summed E-state index contributed by atoms with van der Waals surface area (Å²) in [6.07, 6.45) is 3.99. The lowest BCUT2D eigenvalue weighted by Gasteiger charge is -2.42. The smallest absolute Gasteiger partial charge is 0.207 e. The van der Waals surface area contributed by atoms with E-state index in [-0.39, 0.29) is 6.04 Å². The predicted octanol–water partition coefficient (Wildman–Crippen LogP) is 4.00. The topological polar surface area (TPSA) is 61.2 Å². The fourth-order valence-corrected chi connectivity index (χ4v) is 7.57. The Balaban J connectivity index is 1.54. The Morgan fingerprint density at radius 1 is 1.11 bits per heavy atom. The van der Waals surface area contributed by atoms with Crippen LogP contribution in [-0.2, 0) is 16.4 Å². The maximum Gasteiger partial charge on any atom is 0.243 e. The van der Waals surface area contributed by atoms with Gasteiger partial charge in [0.1, 0.15) is 0 Å². The van der Waals surface area contributed by atoms with Crippen molar-refractivity contribution in [3.05, 3.63) is 64.7 Å². The normalized spacial score (nSPS) is 29.0. The van der Waals surface area contributed by atoms with Crippen molar-refractivity contribution in [2.24, 2.45) is 11.8 Å². The fourth-order valence-electron chi connectivity index (χ4n) is 5.83. The summed E-state index contributed by atoms with van der Waals surface area (Å²) in [5.41, 5.74) is 4.37. The van der Waals surface area contributed by atoms with E-state index in [1.165, 1.54) is 11.1 Å². The minimum absolute atomic E-state index is 0.0777. The number of nitrogens with zero attached hydrogens (tertiary/aromatic N) is 2. The standard InChI is InChI=1S/C23H24N2O2S/c1-15-5-9-19(10-6-15)28(26,27)25-14-18-12-17-8-7-16(13-24)11-21(17)20-3-2-4-22(25)23(18)20/h5-11,18,20,22-23H,2-4,12,14H2,1H3. The molecule has 28 heavy (non-hydrogen) atoms. The van der Waals surface area contributed by atoms with Crippen LogP contribution < -0.4 is 0 Å². The summed E-state index contributed by atoms with van der Waals surface area (Å²) < 4.78 is 28.7. The number of aryl methyl sites for hydroxylation is 1. The van der Waals surface area contributed by atoms with Crippen LogP contribution in [0.15, 0.2) is 47.4 Å². The SMILES string of the molecule is Cc1ccc(S(=O)(=O)N2CC3Cc4ccc(C#N)cc4C4CCCC2C34)cc1. The van der Waals surface area contributed by atoms with Gasteiger partial charge in [-0.3, -0.25) is 0 Å². The molecule has 1 saturated carbocycles. The van der Waals surface area contributed by atoms with E-state index in [0.717, 1.165) is 31.2 Å². The van der Waals surface area contributed by atoms with Gasteiger partial charge in [0.05, 0.1) is 16.5 Å². The van der Waals surface area contributed by atoms with E-state index < -0.39 is 10.0 Å². The summed E-state index contributed by atoms with van der Waals surface area (Å²) in [5, 5.41) is 9.31. The molecule has 3 aliphatic rings. The van der Waals surface area contributed by atoms with Crippen LogP contribution in [-0.4, -0.2) is 25.3 Å². The molecule has 0 bridgehead atoms. The third kappa shape index (κ3) is 2.62. The zero-order valence-electron chi connectivity index (χ0n) is 16.0. The highest BCUT2D eigenvalue weighted by Crippen LogP contribution is 2.54. The summed E-state index contributed by atoms with van der Waals surface area (Å²) in [5.74, 6) is 1.12. The molecule has 0 amide bonds. The first kappa shape index (κ1) is 17.9. The Morgan fingerprint density at radius 3 is 2.64 bits per heavy atom. The Kier molecular flexibility index (Phi) is 4.12. The molecule has 0 aromatic heterocycles. The minimum atomic E-state index is -3.48. The van der Waals surface area contributed by atoms with E-state index in [4.69, 9.17) is 0 Å². The van der Waals surface area contributed by atoms with Crippen molar-refractivity contribution in [2.45, 2.75) is 49.5 Å². The van der Waals surface area contributed by atoms with Crippen molar-refractivity contribution in [2.75, 3.05) is 6.54 Å². The van der Waals surface area contributed by atoms with E-state index >= 15 is 0 Å². The third-order valence-electron chi connectivity index (χ3n) is 7.04. The van der Waals surface area contributed by atoms with Gasteiger partial charge < -0.3 is 0 Å². The van der Waals surface area contributed by atoms with Crippen molar-refractivity contribution >= 4 is 10.0 Å². The largest absolute Gasteiger partial charge is 0.243 e. The summed E-state index contributed by atoms with van der Waals surface area (Å²) in [4.78, 5) is 0.406. The average Bonchev–Trinajstić information content (AvgIpc) is 3.09. The Labute approximate surface area is 166 Å². The number of fused-ring (bicyclic) bond motifs is 2. The minimum Gasteiger partial charge on any atom is -0.207 e. The lowest BCUT2D eigenvalue weighted by molar-refractivity contribution is 0.196. The van der Waals surface area contributed by atoms with Gasteiger partial charge in [-0.05, 0) is 79.3 Å². The van der Waals surface area contributed by atoms with E-state index in [0.29, 0.717) is 34.8 Å². The third-order valence-corrected chi connectivity index (χ3v) is 8.94. The van der Waals surface area contributed by atoms with Crippen LogP contribution in [0.1, 0.15) is 47.4 Å². The molecule has 144 valence electrons. The van der Waals surface area contributed by atoms with Crippen LogP contribution in [0.2, 0.25) is 0 Å². The van der Waals surface area contributed by atoms with Crippen LogP contribution in [0.5, 0.6) is 0 Å². The van der Waals surface area contributed by atoms with Gasteiger partial charge in [0, 0.05) is 12.6 Å². The zero-order valence-corrected chi connectivity index (χ0v) is 16.8. The first-order valence-electron chi connectivity index (χ1n) is 10.1.